The van der Waals surface area contributed by atoms with Crippen molar-refractivity contribution < 1.29 is 13.5 Å². The summed E-state index contributed by atoms with van der Waals surface area (Å²) in [6.45, 7) is 3.29. The van der Waals surface area contributed by atoms with Gasteiger partial charge in [-0.3, -0.25) is 0 Å². The molecule has 0 amide bonds. The van der Waals surface area contributed by atoms with Crippen LogP contribution in [-0.4, -0.2) is 24.7 Å². The van der Waals surface area contributed by atoms with E-state index in [2.05, 4.69) is 0 Å². The summed E-state index contributed by atoms with van der Waals surface area (Å²) >= 11 is 1.97. The van der Waals surface area contributed by atoms with Crippen LogP contribution in [0.5, 0.6) is 0 Å². The average molecular weight is 247 g/mol. The Morgan fingerprint density at radius 2 is 1.69 bits per heavy atom. The monoisotopic (exact) mass is 247 g/mol. The summed E-state index contributed by atoms with van der Waals surface area (Å²) in [5, 5.41) is 0. The second-order valence-electron chi connectivity index (χ2n) is 3.33. The fraction of sp³-hybridized carbons (Fsp3) is 0.455. The molecular formula is C11H15F2NOS. The van der Waals surface area contributed by atoms with E-state index in [4.69, 9.17) is 10.5 Å². The molecule has 90 valence electrons. The highest BCUT2D eigenvalue weighted by molar-refractivity contribution is 7.99. The van der Waals surface area contributed by atoms with Crippen molar-refractivity contribution in [2.24, 2.45) is 0 Å². The summed E-state index contributed by atoms with van der Waals surface area (Å²) in [5.41, 5.74) is 5.27. The maximum absolute atomic E-state index is 12.5. The second-order valence-corrected chi connectivity index (χ2v) is 4.56. The number of anilines is 1. The Balaban J connectivity index is 0.000000181. The van der Waals surface area contributed by atoms with Crippen LogP contribution in [0.3, 0.4) is 0 Å². The number of ether oxygens (including phenoxy) is 1. The Morgan fingerprint density at radius 3 is 2.00 bits per heavy atom. The lowest BCUT2D eigenvalue weighted by Gasteiger charge is -2.07. The predicted molar refractivity (Wildman–Crippen MR) is 63.7 cm³/mol. The quantitative estimate of drug-likeness (QED) is 0.716. The van der Waals surface area contributed by atoms with E-state index < -0.39 is 11.6 Å². The van der Waals surface area contributed by atoms with Gasteiger partial charge in [0, 0.05) is 22.8 Å². The van der Waals surface area contributed by atoms with Crippen molar-refractivity contribution in [1.82, 2.24) is 0 Å². The Kier molecular flexibility index (Phi) is 5.55. The second kappa shape index (κ2) is 6.70. The van der Waals surface area contributed by atoms with Gasteiger partial charge in [-0.15, -0.1) is 0 Å². The van der Waals surface area contributed by atoms with Gasteiger partial charge in [-0.2, -0.15) is 11.8 Å². The summed E-state index contributed by atoms with van der Waals surface area (Å²) in [6.07, 6.45) is 0. The number of benzene rings is 1. The van der Waals surface area contributed by atoms with Gasteiger partial charge in [0.2, 0.25) is 0 Å². The smallest absolute Gasteiger partial charge is 0.131 e. The normalized spacial score (nSPS) is 15.2. The third-order valence-corrected chi connectivity index (χ3v) is 2.96. The van der Waals surface area contributed by atoms with E-state index in [1.54, 1.807) is 0 Å². The maximum Gasteiger partial charge on any atom is 0.131 e. The molecule has 1 aliphatic rings. The predicted octanol–water partition coefficient (Wildman–Crippen LogP) is 2.61. The zero-order chi connectivity index (χ0) is 12.0. The van der Waals surface area contributed by atoms with Crippen LogP contribution in [0, 0.1) is 18.6 Å². The van der Waals surface area contributed by atoms with Crippen molar-refractivity contribution >= 4 is 17.4 Å². The molecule has 0 atom stereocenters. The van der Waals surface area contributed by atoms with Gasteiger partial charge in [0.05, 0.1) is 13.2 Å². The van der Waals surface area contributed by atoms with E-state index in [0.717, 1.165) is 25.3 Å². The van der Waals surface area contributed by atoms with Gasteiger partial charge in [0.25, 0.3) is 0 Å². The number of nitrogens with two attached hydrogens (primary N) is 1. The van der Waals surface area contributed by atoms with E-state index in [-0.39, 0.29) is 11.3 Å². The molecule has 1 aliphatic heterocycles. The molecule has 16 heavy (non-hydrogen) atoms. The Bertz CT molecular complexity index is 308. The fourth-order valence-electron chi connectivity index (χ4n) is 1.10. The van der Waals surface area contributed by atoms with Gasteiger partial charge in [-0.1, -0.05) is 0 Å². The summed E-state index contributed by atoms with van der Waals surface area (Å²) in [5.74, 6) is 1.19. The van der Waals surface area contributed by atoms with Crippen LogP contribution in [0.25, 0.3) is 0 Å². The van der Waals surface area contributed by atoms with Crippen molar-refractivity contribution in [3.8, 4) is 0 Å². The van der Waals surface area contributed by atoms with Crippen molar-refractivity contribution in [1.29, 1.82) is 0 Å². The van der Waals surface area contributed by atoms with Gasteiger partial charge in [0.1, 0.15) is 11.6 Å². The molecule has 0 unspecified atom stereocenters. The Labute approximate surface area is 98.2 Å². The largest absolute Gasteiger partial charge is 0.399 e. The third-order valence-electron chi connectivity index (χ3n) is 2.05. The molecule has 0 bridgehead atoms. The van der Waals surface area contributed by atoms with Crippen molar-refractivity contribution in [2.75, 3.05) is 30.5 Å². The lowest BCUT2D eigenvalue weighted by molar-refractivity contribution is 0.161. The van der Waals surface area contributed by atoms with Crippen LogP contribution in [0.4, 0.5) is 14.5 Å². The Morgan fingerprint density at radius 1 is 1.19 bits per heavy atom. The molecule has 0 aromatic heterocycles. The van der Waals surface area contributed by atoms with Crippen molar-refractivity contribution in [3.63, 3.8) is 0 Å². The van der Waals surface area contributed by atoms with Crippen molar-refractivity contribution in [2.45, 2.75) is 6.92 Å². The molecule has 1 aromatic rings. The number of rotatable bonds is 0. The highest BCUT2D eigenvalue weighted by Crippen LogP contribution is 2.14. The van der Waals surface area contributed by atoms with Crippen LogP contribution in [0.1, 0.15) is 5.56 Å². The molecule has 2 nitrogen and oxygen atoms in total. The fourth-order valence-corrected chi connectivity index (χ4v) is 1.78. The molecule has 5 heteroatoms. The minimum atomic E-state index is -0.600. The highest BCUT2D eigenvalue weighted by Gasteiger charge is 2.03. The lowest BCUT2D eigenvalue weighted by atomic mass is 10.2. The van der Waals surface area contributed by atoms with Gasteiger partial charge in [0.15, 0.2) is 0 Å². The van der Waals surface area contributed by atoms with Crippen LogP contribution in [0.15, 0.2) is 12.1 Å². The average Bonchev–Trinajstić information content (AvgIpc) is 2.29. The van der Waals surface area contributed by atoms with Crippen LogP contribution >= 0.6 is 11.8 Å². The first kappa shape index (κ1) is 13.3. The van der Waals surface area contributed by atoms with E-state index >= 15 is 0 Å². The molecule has 0 saturated carbocycles. The first-order chi connectivity index (χ1) is 7.61. The molecular weight excluding hydrogens is 232 g/mol. The molecule has 0 aliphatic carbocycles. The highest BCUT2D eigenvalue weighted by atomic mass is 32.2. The van der Waals surface area contributed by atoms with Gasteiger partial charge in [-0.05, 0) is 19.1 Å². The number of hydrogen-bond acceptors (Lipinski definition) is 3. The van der Waals surface area contributed by atoms with Gasteiger partial charge < -0.3 is 10.5 Å². The number of thioether (sulfide) groups is 1. The van der Waals surface area contributed by atoms with Crippen molar-refractivity contribution in [3.05, 3.63) is 29.3 Å². The zero-order valence-electron chi connectivity index (χ0n) is 9.13. The first-order valence-corrected chi connectivity index (χ1v) is 6.13. The summed E-state index contributed by atoms with van der Waals surface area (Å²) < 4.78 is 30.1. The van der Waals surface area contributed by atoms with Crippen LogP contribution < -0.4 is 5.73 Å². The standard InChI is InChI=1S/C7H7F2N.C4H8OS/c1-4-6(8)2-5(10)3-7(4)9;1-3-6-4-2-5-1/h2-3H,10H2,1H3;1-4H2. The molecule has 1 aromatic carbocycles. The number of halogens is 2. The summed E-state index contributed by atoms with van der Waals surface area (Å²) in [4.78, 5) is 0. The van der Waals surface area contributed by atoms with E-state index in [9.17, 15) is 8.78 Å². The van der Waals surface area contributed by atoms with E-state index in [1.807, 2.05) is 11.8 Å². The molecule has 1 fully saturated rings. The summed E-state index contributed by atoms with van der Waals surface area (Å²) in [7, 11) is 0. The van der Waals surface area contributed by atoms with Gasteiger partial charge in [-0.25, -0.2) is 8.78 Å². The molecule has 2 rings (SSSR count). The molecule has 1 heterocycles. The van der Waals surface area contributed by atoms with E-state index in [0.29, 0.717) is 0 Å². The summed E-state index contributed by atoms with van der Waals surface area (Å²) in [6, 6.07) is 2.19. The molecule has 2 N–H and O–H groups in total. The Hall–Kier alpha value is -0.810. The molecule has 1 saturated heterocycles. The topological polar surface area (TPSA) is 35.2 Å². The molecule has 0 spiro atoms. The van der Waals surface area contributed by atoms with E-state index in [1.165, 1.54) is 18.4 Å². The molecule has 0 radical (unpaired) electrons. The minimum Gasteiger partial charge on any atom is -0.399 e. The first-order valence-electron chi connectivity index (χ1n) is 4.98. The maximum atomic E-state index is 12.5. The lowest BCUT2D eigenvalue weighted by Crippen LogP contribution is -2.08. The van der Waals surface area contributed by atoms with Crippen LogP contribution in [-0.2, 0) is 4.74 Å². The SMILES string of the molecule is C1CSCCO1.Cc1c(F)cc(N)cc1F. The van der Waals surface area contributed by atoms with Crippen LogP contribution in [0.2, 0.25) is 0 Å². The third kappa shape index (κ3) is 4.37. The minimum absolute atomic E-state index is 0.00852. The van der Waals surface area contributed by atoms with Gasteiger partial charge >= 0.3 is 0 Å². The number of nitrogen functional groups attached to an aromatic ring is 1. The number of hydrogen-bond donors (Lipinski definition) is 1. The zero-order valence-corrected chi connectivity index (χ0v) is 9.95.